The summed E-state index contributed by atoms with van der Waals surface area (Å²) in [5.41, 5.74) is 6.60. The molecule has 0 fully saturated rings. The van der Waals surface area contributed by atoms with Crippen LogP contribution in [0.4, 0.5) is 0 Å². The van der Waals surface area contributed by atoms with Crippen LogP contribution in [0.25, 0.3) is 10.9 Å². The maximum Gasteiger partial charge on any atom is 0.120 e. The number of aryl methyl sites for hydroxylation is 1. The zero-order chi connectivity index (χ0) is 15.8. The molecule has 3 nitrogen and oxygen atoms in total. The number of fused-ring (bicyclic) bond motifs is 3. The minimum absolute atomic E-state index is 0.239. The van der Waals surface area contributed by atoms with Crippen molar-refractivity contribution in [3.8, 4) is 5.75 Å². The fraction of sp³-hybridized carbons (Fsp3) is 0.300. The van der Waals surface area contributed by atoms with E-state index in [-0.39, 0.29) is 6.04 Å². The van der Waals surface area contributed by atoms with Crippen LogP contribution in [0.15, 0.2) is 42.5 Å². The van der Waals surface area contributed by atoms with Gasteiger partial charge >= 0.3 is 0 Å². The second-order valence-corrected chi connectivity index (χ2v) is 6.15. The highest BCUT2D eigenvalue weighted by molar-refractivity contribution is 5.86. The monoisotopic (exact) mass is 306 g/mol. The molecule has 0 spiro atoms. The van der Waals surface area contributed by atoms with Crippen molar-refractivity contribution in [3.63, 3.8) is 0 Å². The van der Waals surface area contributed by atoms with Crippen molar-refractivity contribution in [1.82, 2.24) is 10.3 Å². The predicted molar refractivity (Wildman–Crippen MR) is 94.2 cm³/mol. The second-order valence-electron chi connectivity index (χ2n) is 6.15. The maximum atomic E-state index is 5.68. The Morgan fingerprint density at radius 1 is 1.17 bits per heavy atom. The number of benzene rings is 2. The molecule has 1 aliphatic heterocycles. The predicted octanol–water partition coefficient (Wildman–Crippen LogP) is 4.11. The highest BCUT2D eigenvalue weighted by Gasteiger charge is 2.26. The summed E-state index contributed by atoms with van der Waals surface area (Å²) in [7, 11) is 0. The first kappa shape index (κ1) is 14.3. The van der Waals surface area contributed by atoms with Crippen molar-refractivity contribution in [2.24, 2.45) is 0 Å². The van der Waals surface area contributed by atoms with Crippen LogP contribution in [0, 0.1) is 6.92 Å². The van der Waals surface area contributed by atoms with E-state index in [4.69, 9.17) is 4.74 Å². The Labute approximate surface area is 136 Å². The third kappa shape index (κ3) is 2.41. The largest absolute Gasteiger partial charge is 0.494 e. The number of ether oxygens (including phenoxy) is 1. The van der Waals surface area contributed by atoms with Gasteiger partial charge < -0.3 is 15.0 Å². The third-order valence-corrected chi connectivity index (χ3v) is 4.73. The van der Waals surface area contributed by atoms with Gasteiger partial charge in [0.05, 0.1) is 12.6 Å². The summed E-state index contributed by atoms with van der Waals surface area (Å²) in [6, 6.07) is 15.2. The Hall–Kier alpha value is -2.26. The molecule has 0 aliphatic carbocycles. The lowest BCUT2D eigenvalue weighted by molar-refractivity contribution is 0.340. The molecule has 1 unspecified atom stereocenters. The molecule has 3 heteroatoms. The zero-order valence-corrected chi connectivity index (χ0v) is 13.6. The van der Waals surface area contributed by atoms with E-state index < -0.39 is 0 Å². The lowest BCUT2D eigenvalue weighted by Crippen LogP contribution is -2.30. The van der Waals surface area contributed by atoms with E-state index in [2.05, 4.69) is 53.6 Å². The number of nitrogens with one attached hydrogen (secondary N) is 2. The van der Waals surface area contributed by atoms with Gasteiger partial charge in [-0.1, -0.05) is 24.3 Å². The van der Waals surface area contributed by atoms with Crippen LogP contribution in [0.5, 0.6) is 5.75 Å². The quantitative estimate of drug-likeness (QED) is 0.764. The van der Waals surface area contributed by atoms with E-state index in [1.165, 1.54) is 33.3 Å². The maximum absolute atomic E-state index is 5.68. The molecule has 0 radical (unpaired) electrons. The van der Waals surface area contributed by atoms with Gasteiger partial charge in [0, 0.05) is 23.1 Å². The standard InChI is InChI=1S/C20H22N2O/c1-3-23-14-8-9-18-17(12-14)16-10-11-21-19(20(16)22-18)15-7-5-4-6-13(15)2/h4-9,12,19,21-22H,3,10-11H2,1-2H3. The smallest absolute Gasteiger partial charge is 0.120 e. The summed E-state index contributed by atoms with van der Waals surface area (Å²) in [6.07, 6.45) is 1.05. The first-order chi connectivity index (χ1) is 11.3. The van der Waals surface area contributed by atoms with Crippen molar-refractivity contribution >= 4 is 10.9 Å². The molecule has 1 aromatic heterocycles. The summed E-state index contributed by atoms with van der Waals surface area (Å²) < 4.78 is 5.68. The molecule has 0 amide bonds. The molecular formula is C20H22N2O. The average molecular weight is 306 g/mol. The van der Waals surface area contributed by atoms with Gasteiger partial charge in [-0.15, -0.1) is 0 Å². The van der Waals surface area contributed by atoms with E-state index in [1.54, 1.807) is 0 Å². The topological polar surface area (TPSA) is 37.0 Å². The molecule has 0 saturated carbocycles. The van der Waals surface area contributed by atoms with Crippen LogP contribution in [0.1, 0.15) is 35.3 Å². The van der Waals surface area contributed by atoms with Gasteiger partial charge in [0.1, 0.15) is 5.75 Å². The van der Waals surface area contributed by atoms with Crippen LogP contribution < -0.4 is 10.1 Å². The lowest BCUT2D eigenvalue weighted by atomic mass is 9.92. The van der Waals surface area contributed by atoms with Gasteiger partial charge in [-0.05, 0) is 55.2 Å². The van der Waals surface area contributed by atoms with Gasteiger partial charge in [-0.3, -0.25) is 0 Å². The summed E-state index contributed by atoms with van der Waals surface area (Å²) >= 11 is 0. The summed E-state index contributed by atoms with van der Waals surface area (Å²) in [6.45, 7) is 5.90. The molecule has 2 heterocycles. The summed E-state index contributed by atoms with van der Waals surface area (Å²) in [5.74, 6) is 0.952. The van der Waals surface area contributed by atoms with Crippen molar-refractivity contribution in [2.75, 3.05) is 13.2 Å². The summed E-state index contributed by atoms with van der Waals surface area (Å²) in [4.78, 5) is 3.64. The Balaban J connectivity index is 1.85. The van der Waals surface area contributed by atoms with E-state index >= 15 is 0 Å². The molecule has 0 saturated heterocycles. The SMILES string of the molecule is CCOc1ccc2[nH]c3c(c2c1)CCNC3c1ccccc1C. The van der Waals surface area contributed by atoms with E-state index in [1.807, 2.05) is 13.0 Å². The van der Waals surface area contributed by atoms with Gasteiger partial charge in [-0.2, -0.15) is 0 Å². The Kier molecular flexibility index (Phi) is 3.58. The first-order valence-electron chi connectivity index (χ1n) is 8.34. The van der Waals surface area contributed by atoms with Gasteiger partial charge in [0.2, 0.25) is 0 Å². The molecule has 1 atom stereocenters. The number of hydrogen-bond acceptors (Lipinski definition) is 2. The fourth-order valence-corrected chi connectivity index (χ4v) is 3.64. The molecular weight excluding hydrogens is 284 g/mol. The number of rotatable bonds is 3. The summed E-state index contributed by atoms with van der Waals surface area (Å²) in [5, 5.41) is 4.97. The minimum Gasteiger partial charge on any atom is -0.494 e. The molecule has 4 rings (SSSR count). The fourth-order valence-electron chi connectivity index (χ4n) is 3.64. The Bertz CT molecular complexity index is 850. The Morgan fingerprint density at radius 3 is 2.87 bits per heavy atom. The highest BCUT2D eigenvalue weighted by atomic mass is 16.5. The first-order valence-corrected chi connectivity index (χ1v) is 8.34. The highest BCUT2D eigenvalue weighted by Crippen LogP contribution is 2.35. The molecule has 23 heavy (non-hydrogen) atoms. The van der Waals surface area contributed by atoms with Crippen LogP contribution in [-0.2, 0) is 6.42 Å². The molecule has 0 bridgehead atoms. The van der Waals surface area contributed by atoms with Crippen LogP contribution in [0.2, 0.25) is 0 Å². The van der Waals surface area contributed by atoms with Gasteiger partial charge in [0.25, 0.3) is 0 Å². The van der Waals surface area contributed by atoms with Gasteiger partial charge in [0.15, 0.2) is 0 Å². The normalized spacial score (nSPS) is 17.2. The number of aromatic nitrogens is 1. The van der Waals surface area contributed by atoms with Gasteiger partial charge in [-0.25, -0.2) is 0 Å². The molecule has 2 aromatic carbocycles. The van der Waals surface area contributed by atoms with Crippen molar-refractivity contribution in [2.45, 2.75) is 26.3 Å². The molecule has 2 N–H and O–H groups in total. The Morgan fingerprint density at radius 2 is 2.04 bits per heavy atom. The minimum atomic E-state index is 0.239. The van der Waals surface area contributed by atoms with E-state index in [9.17, 15) is 0 Å². The van der Waals surface area contributed by atoms with E-state index in [0.717, 1.165) is 18.7 Å². The number of H-pyrrole nitrogens is 1. The number of hydrogen-bond donors (Lipinski definition) is 2. The van der Waals surface area contributed by atoms with Crippen LogP contribution >= 0.6 is 0 Å². The second kappa shape index (κ2) is 5.74. The van der Waals surface area contributed by atoms with Crippen LogP contribution in [0.3, 0.4) is 0 Å². The lowest BCUT2D eigenvalue weighted by Gasteiger charge is -2.26. The van der Waals surface area contributed by atoms with Crippen LogP contribution in [-0.4, -0.2) is 18.1 Å². The number of aromatic amines is 1. The molecule has 1 aliphatic rings. The third-order valence-electron chi connectivity index (χ3n) is 4.73. The average Bonchev–Trinajstić information content (AvgIpc) is 2.94. The van der Waals surface area contributed by atoms with Crippen molar-refractivity contribution in [3.05, 3.63) is 64.8 Å². The van der Waals surface area contributed by atoms with Crippen molar-refractivity contribution < 1.29 is 4.74 Å². The molecule has 3 aromatic rings. The van der Waals surface area contributed by atoms with Crippen molar-refractivity contribution in [1.29, 1.82) is 0 Å². The van der Waals surface area contributed by atoms with E-state index in [0.29, 0.717) is 6.61 Å². The zero-order valence-electron chi connectivity index (χ0n) is 13.6. The molecule has 118 valence electrons.